The van der Waals surface area contributed by atoms with E-state index in [1.807, 2.05) is 22.9 Å². The van der Waals surface area contributed by atoms with Crippen LogP contribution in [-0.2, 0) is 6.54 Å². The second kappa shape index (κ2) is 8.47. The van der Waals surface area contributed by atoms with Gasteiger partial charge in [-0.15, -0.1) is 16.4 Å². The average Bonchev–Trinajstić information content (AvgIpc) is 3.04. The predicted molar refractivity (Wildman–Crippen MR) is 110 cm³/mol. The van der Waals surface area contributed by atoms with Crippen molar-refractivity contribution in [2.75, 3.05) is 0 Å². The van der Waals surface area contributed by atoms with Crippen LogP contribution in [0.5, 0.6) is 0 Å². The third-order valence-corrected chi connectivity index (χ3v) is 5.18. The van der Waals surface area contributed by atoms with Gasteiger partial charge in [-0.2, -0.15) is 5.10 Å². The third kappa shape index (κ3) is 4.44. The van der Waals surface area contributed by atoms with E-state index in [0.717, 1.165) is 21.6 Å². The van der Waals surface area contributed by atoms with Gasteiger partial charge in [0.15, 0.2) is 0 Å². The molecular weight excluding hydrogens is 407 g/mol. The molecule has 0 N–H and O–H groups in total. The lowest BCUT2D eigenvalue weighted by molar-refractivity contribution is -0.384. The van der Waals surface area contributed by atoms with E-state index in [0.29, 0.717) is 16.6 Å². The molecule has 2 aromatic carbocycles. The highest BCUT2D eigenvalue weighted by atomic mass is 35.5. The van der Waals surface area contributed by atoms with Crippen LogP contribution < -0.4 is 4.80 Å². The first-order valence-electron chi connectivity index (χ1n) is 7.95. The third-order valence-electron chi connectivity index (χ3n) is 3.77. The summed E-state index contributed by atoms with van der Waals surface area (Å²) in [7, 11) is 0. The van der Waals surface area contributed by atoms with Crippen molar-refractivity contribution in [1.29, 1.82) is 0 Å². The van der Waals surface area contributed by atoms with Gasteiger partial charge in [-0.05, 0) is 42.8 Å². The maximum Gasteiger partial charge on any atom is 0.269 e. The van der Waals surface area contributed by atoms with Gasteiger partial charge in [-0.1, -0.05) is 23.2 Å². The predicted octanol–water partition coefficient (Wildman–Crippen LogP) is 5.39. The van der Waals surface area contributed by atoms with Crippen molar-refractivity contribution in [2.45, 2.75) is 13.5 Å². The van der Waals surface area contributed by atoms with Gasteiger partial charge in [-0.3, -0.25) is 10.1 Å². The number of hydrogen-bond donors (Lipinski definition) is 0. The van der Waals surface area contributed by atoms with Crippen molar-refractivity contribution >= 4 is 46.4 Å². The zero-order chi connectivity index (χ0) is 19.4. The van der Waals surface area contributed by atoms with E-state index < -0.39 is 4.92 Å². The molecule has 0 bridgehead atoms. The van der Waals surface area contributed by atoms with Crippen LogP contribution in [0.2, 0.25) is 10.0 Å². The van der Waals surface area contributed by atoms with E-state index in [-0.39, 0.29) is 5.69 Å². The molecule has 0 amide bonds. The number of nitro groups is 1. The summed E-state index contributed by atoms with van der Waals surface area (Å²) in [5.41, 5.74) is 2.58. The van der Waals surface area contributed by atoms with Crippen molar-refractivity contribution in [3.05, 3.63) is 78.4 Å². The minimum absolute atomic E-state index is 0.0376. The van der Waals surface area contributed by atoms with Crippen LogP contribution in [0.1, 0.15) is 12.5 Å². The average molecular weight is 421 g/mol. The molecule has 0 saturated heterocycles. The van der Waals surface area contributed by atoms with E-state index in [9.17, 15) is 10.1 Å². The quantitative estimate of drug-likeness (QED) is 0.315. The van der Waals surface area contributed by atoms with Crippen molar-refractivity contribution in [2.24, 2.45) is 10.2 Å². The SMILES string of the molecule is CCn1c(-c2ccc(Cl)cc2Cl)cs/c1=N\N=C/c1ccc([N+](=O)[O-])cc1. The first-order valence-corrected chi connectivity index (χ1v) is 9.58. The van der Waals surface area contributed by atoms with Gasteiger partial charge in [0.25, 0.3) is 5.69 Å². The van der Waals surface area contributed by atoms with Crippen molar-refractivity contribution in [3.8, 4) is 11.3 Å². The summed E-state index contributed by atoms with van der Waals surface area (Å²) < 4.78 is 2.01. The Morgan fingerprint density at radius 3 is 2.59 bits per heavy atom. The van der Waals surface area contributed by atoms with Crippen molar-refractivity contribution in [1.82, 2.24) is 4.57 Å². The highest BCUT2D eigenvalue weighted by Gasteiger charge is 2.10. The maximum absolute atomic E-state index is 10.7. The summed E-state index contributed by atoms with van der Waals surface area (Å²) in [4.78, 5) is 11.0. The maximum atomic E-state index is 10.7. The fraction of sp³-hybridized carbons (Fsp3) is 0.111. The fourth-order valence-electron chi connectivity index (χ4n) is 2.46. The minimum Gasteiger partial charge on any atom is -0.315 e. The van der Waals surface area contributed by atoms with Gasteiger partial charge in [0.1, 0.15) is 0 Å². The van der Waals surface area contributed by atoms with Gasteiger partial charge in [0, 0.05) is 34.6 Å². The number of aromatic nitrogens is 1. The largest absolute Gasteiger partial charge is 0.315 e. The van der Waals surface area contributed by atoms with Crippen molar-refractivity contribution in [3.63, 3.8) is 0 Å². The van der Waals surface area contributed by atoms with Gasteiger partial charge >= 0.3 is 0 Å². The summed E-state index contributed by atoms with van der Waals surface area (Å²) in [5.74, 6) is 0. The molecule has 0 atom stereocenters. The lowest BCUT2D eigenvalue weighted by Gasteiger charge is -2.07. The van der Waals surface area contributed by atoms with Crippen LogP contribution in [0.4, 0.5) is 5.69 Å². The number of nitro benzene ring substituents is 1. The molecule has 0 saturated carbocycles. The Balaban J connectivity index is 1.90. The number of benzene rings is 2. The molecule has 1 heterocycles. The van der Waals surface area contributed by atoms with E-state index in [1.54, 1.807) is 30.5 Å². The summed E-state index contributed by atoms with van der Waals surface area (Å²) in [5, 5.41) is 22.2. The molecular formula is C18H14Cl2N4O2S. The topological polar surface area (TPSA) is 72.8 Å². The Morgan fingerprint density at radius 2 is 1.96 bits per heavy atom. The Hall–Kier alpha value is -2.48. The van der Waals surface area contributed by atoms with Crippen LogP contribution in [0.3, 0.4) is 0 Å². The highest BCUT2D eigenvalue weighted by Crippen LogP contribution is 2.30. The summed E-state index contributed by atoms with van der Waals surface area (Å²) in [6, 6.07) is 11.5. The lowest BCUT2D eigenvalue weighted by atomic mass is 10.2. The molecule has 0 fully saturated rings. The van der Waals surface area contributed by atoms with E-state index in [1.165, 1.54) is 23.5 Å². The highest BCUT2D eigenvalue weighted by molar-refractivity contribution is 7.07. The summed E-state index contributed by atoms with van der Waals surface area (Å²) >= 11 is 13.7. The Labute approximate surface area is 169 Å². The molecule has 0 unspecified atom stereocenters. The first kappa shape index (κ1) is 19.3. The number of halogens is 2. The van der Waals surface area contributed by atoms with Gasteiger partial charge in [-0.25, -0.2) is 0 Å². The van der Waals surface area contributed by atoms with Crippen LogP contribution in [0.15, 0.2) is 58.0 Å². The fourth-order valence-corrected chi connectivity index (χ4v) is 3.88. The first-order chi connectivity index (χ1) is 13.0. The molecule has 27 heavy (non-hydrogen) atoms. The lowest BCUT2D eigenvalue weighted by Crippen LogP contribution is -2.14. The van der Waals surface area contributed by atoms with Crippen LogP contribution in [0.25, 0.3) is 11.3 Å². The standard InChI is InChI=1S/C18H14Cl2N4O2S/c1-2-23-17(15-8-5-13(19)9-16(15)20)11-27-18(23)22-21-10-12-3-6-14(7-4-12)24(25)26/h3-11H,2H2,1H3/b21-10-,22-18-. The van der Waals surface area contributed by atoms with E-state index >= 15 is 0 Å². The molecule has 0 spiro atoms. The van der Waals surface area contributed by atoms with Crippen molar-refractivity contribution < 1.29 is 4.92 Å². The molecule has 6 nitrogen and oxygen atoms in total. The van der Waals surface area contributed by atoms with Gasteiger partial charge in [0.2, 0.25) is 4.80 Å². The Kier molecular flexibility index (Phi) is 6.05. The Bertz CT molecular complexity index is 1070. The van der Waals surface area contributed by atoms with Crippen LogP contribution >= 0.6 is 34.5 Å². The number of nitrogens with zero attached hydrogens (tertiary/aromatic N) is 4. The molecule has 9 heteroatoms. The summed E-state index contributed by atoms with van der Waals surface area (Å²) in [6.45, 7) is 2.71. The van der Waals surface area contributed by atoms with E-state index in [4.69, 9.17) is 23.2 Å². The normalized spacial score (nSPS) is 12.0. The zero-order valence-electron chi connectivity index (χ0n) is 14.2. The molecule has 138 valence electrons. The second-order valence-corrected chi connectivity index (χ2v) is 7.15. The zero-order valence-corrected chi connectivity index (χ0v) is 16.5. The molecule has 1 aromatic heterocycles. The number of hydrogen-bond acceptors (Lipinski definition) is 5. The summed E-state index contributed by atoms with van der Waals surface area (Å²) in [6.07, 6.45) is 1.55. The molecule has 3 rings (SSSR count). The smallest absolute Gasteiger partial charge is 0.269 e. The van der Waals surface area contributed by atoms with Gasteiger partial charge in [0.05, 0.1) is 21.9 Å². The minimum atomic E-state index is -0.440. The number of rotatable bonds is 5. The monoisotopic (exact) mass is 420 g/mol. The molecule has 3 aromatic rings. The van der Waals surface area contributed by atoms with Crippen LogP contribution in [-0.4, -0.2) is 15.7 Å². The molecule has 0 aliphatic rings. The second-order valence-electron chi connectivity index (χ2n) is 5.47. The molecule has 0 aliphatic heterocycles. The van der Waals surface area contributed by atoms with Gasteiger partial charge < -0.3 is 4.57 Å². The van der Waals surface area contributed by atoms with Crippen LogP contribution in [0, 0.1) is 10.1 Å². The molecule has 0 radical (unpaired) electrons. The molecule has 0 aliphatic carbocycles. The Morgan fingerprint density at radius 1 is 1.22 bits per heavy atom. The number of thiazole rings is 1. The van der Waals surface area contributed by atoms with E-state index in [2.05, 4.69) is 10.2 Å². The number of non-ortho nitro benzene ring substituents is 1.